The fourth-order valence-corrected chi connectivity index (χ4v) is 1.66. The van der Waals surface area contributed by atoms with Crippen molar-refractivity contribution in [3.8, 4) is 0 Å². The van der Waals surface area contributed by atoms with Crippen LogP contribution in [0, 0.1) is 0 Å². The molecule has 1 aromatic carbocycles. The van der Waals surface area contributed by atoms with E-state index in [0.29, 0.717) is 12.6 Å². The second-order valence-electron chi connectivity index (χ2n) is 4.96. The van der Waals surface area contributed by atoms with Gasteiger partial charge in [-0.1, -0.05) is 36.8 Å². The van der Waals surface area contributed by atoms with E-state index in [-0.39, 0.29) is 6.04 Å². The number of unbranched alkanes of at least 4 members (excludes halogenated alkanes) is 1. The van der Waals surface area contributed by atoms with Crippen molar-refractivity contribution in [1.29, 1.82) is 0 Å². The molecule has 20 heavy (non-hydrogen) atoms. The number of nitrogens with one attached hydrogen (secondary N) is 1. The lowest BCUT2D eigenvalue weighted by atomic mass is 10.1. The van der Waals surface area contributed by atoms with Crippen LogP contribution in [0.2, 0.25) is 0 Å². The van der Waals surface area contributed by atoms with Crippen LogP contribution in [0.3, 0.4) is 0 Å². The van der Waals surface area contributed by atoms with Gasteiger partial charge >= 0.3 is 0 Å². The van der Waals surface area contributed by atoms with E-state index in [1.54, 1.807) is 0 Å². The number of nitrogens with two attached hydrogens (primary N) is 2. The number of aldehydes is 1. The Morgan fingerprint density at radius 2 is 1.90 bits per heavy atom. The first-order chi connectivity index (χ1) is 9.63. The lowest BCUT2D eigenvalue weighted by molar-refractivity contribution is -0.109. The zero-order chi connectivity index (χ0) is 15.2. The van der Waals surface area contributed by atoms with Crippen molar-refractivity contribution in [2.45, 2.75) is 44.7 Å². The van der Waals surface area contributed by atoms with E-state index >= 15 is 0 Å². The Morgan fingerprint density at radius 1 is 1.25 bits per heavy atom. The maximum absolute atomic E-state index is 9.94. The second-order valence-corrected chi connectivity index (χ2v) is 4.96. The summed E-state index contributed by atoms with van der Waals surface area (Å²) < 4.78 is 0. The van der Waals surface area contributed by atoms with Gasteiger partial charge in [-0.3, -0.25) is 0 Å². The van der Waals surface area contributed by atoms with Crippen molar-refractivity contribution >= 4 is 6.29 Å². The van der Waals surface area contributed by atoms with Gasteiger partial charge in [0.15, 0.2) is 0 Å². The molecule has 0 fully saturated rings. The van der Waals surface area contributed by atoms with Gasteiger partial charge in [0.2, 0.25) is 0 Å². The average molecular weight is 279 g/mol. The number of hydrogen-bond donors (Lipinski definition) is 3. The summed E-state index contributed by atoms with van der Waals surface area (Å²) in [6.45, 7) is 2.87. The quantitative estimate of drug-likeness (QED) is 0.497. The molecule has 0 aliphatic rings. The van der Waals surface area contributed by atoms with Gasteiger partial charge < -0.3 is 21.6 Å². The Bertz CT molecular complexity index is 330. The molecule has 1 rings (SSSR count). The molecule has 2 atom stereocenters. The molecular formula is C16H29N3O. The molecule has 0 saturated heterocycles. The molecule has 0 bridgehead atoms. The van der Waals surface area contributed by atoms with Crippen molar-refractivity contribution in [1.82, 2.24) is 5.32 Å². The molecule has 5 N–H and O–H groups in total. The summed E-state index contributed by atoms with van der Waals surface area (Å²) in [5, 5.41) is 3.21. The van der Waals surface area contributed by atoms with Gasteiger partial charge in [0, 0.05) is 6.04 Å². The molecule has 0 heterocycles. The lowest BCUT2D eigenvalue weighted by Gasteiger charge is -2.08. The summed E-state index contributed by atoms with van der Waals surface area (Å²) >= 11 is 0. The number of carbonyl (C=O) groups excluding carboxylic acids is 1. The molecule has 0 aromatic heterocycles. The van der Waals surface area contributed by atoms with Crippen LogP contribution in [0.4, 0.5) is 0 Å². The first-order valence-corrected chi connectivity index (χ1v) is 7.26. The molecule has 1 aromatic rings. The number of carbonyl (C=O) groups is 1. The molecule has 0 spiro atoms. The fourth-order valence-electron chi connectivity index (χ4n) is 1.66. The smallest absolute Gasteiger partial charge is 0.136 e. The molecular weight excluding hydrogens is 250 g/mol. The third-order valence-electron chi connectivity index (χ3n) is 3.04. The van der Waals surface area contributed by atoms with Crippen LogP contribution in [0.5, 0.6) is 0 Å². The van der Waals surface area contributed by atoms with Gasteiger partial charge in [-0.05, 0) is 45.3 Å². The first kappa shape index (κ1) is 18.8. The van der Waals surface area contributed by atoms with Crippen LogP contribution < -0.4 is 16.8 Å². The number of likely N-dealkylation sites (N-methyl/N-ethyl adjacent to an activating group) is 1. The van der Waals surface area contributed by atoms with E-state index in [2.05, 4.69) is 36.5 Å². The summed E-state index contributed by atoms with van der Waals surface area (Å²) in [5.74, 6) is 0. The minimum absolute atomic E-state index is 0.281. The third kappa shape index (κ3) is 10.7. The molecule has 114 valence electrons. The standard InChI is InChI=1S/C10H15N.C6H14N2O/c1-9(11-2)8-10-6-4-3-5-7-10;7-4-2-1-3-6(8)5-9/h3-7,9,11H,8H2,1-2H3;5-6H,1-4,7-8H2/t9-;6-/m00/s1. The summed E-state index contributed by atoms with van der Waals surface area (Å²) in [4.78, 5) is 9.94. The number of hydrogen-bond acceptors (Lipinski definition) is 4. The molecule has 0 saturated carbocycles. The van der Waals surface area contributed by atoms with Gasteiger partial charge in [0.05, 0.1) is 6.04 Å². The summed E-state index contributed by atoms with van der Waals surface area (Å²) in [6.07, 6.45) is 4.56. The Kier molecular flexibility index (Phi) is 12.0. The molecule has 0 amide bonds. The normalized spacial score (nSPS) is 13.0. The Hall–Kier alpha value is -1.23. The fraction of sp³-hybridized carbons (Fsp3) is 0.562. The van der Waals surface area contributed by atoms with Crippen LogP contribution in [0.25, 0.3) is 0 Å². The minimum Gasteiger partial charge on any atom is -0.330 e. The Morgan fingerprint density at radius 3 is 2.40 bits per heavy atom. The van der Waals surface area contributed by atoms with E-state index in [4.69, 9.17) is 11.5 Å². The van der Waals surface area contributed by atoms with Gasteiger partial charge in [-0.15, -0.1) is 0 Å². The molecule has 0 radical (unpaired) electrons. The SMILES string of the molecule is CN[C@@H](C)Cc1ccccc1.NCCCC[C@H](N)C=O. The molecule has 0 aliphatic carbocycles. The van der Waals surface area contributed by atoms with Gasteiger partial charge in [-0.2, -0.15) is 0 Å². The highest BCUT2D eigenvalue weighted by Crippen LogP contribution is 2.01. The lowest BCUT2D eigenvalue weighted by Crippen LogP contribution is -2.23. The monoisotopic (exact) mass is 279 g/mol. The number of benzene rings is 1. The molecule has 0 aliphatic heterocycles. The van der Waals surface area contributed by atoms with Crippen LogP contribution >= 0.6 is 0 Å². The highest BCUT2D eigenvalue weighted by Gasteiger charge is 1.98. The molecule has 4 heteroatoms. The molecule has 0 unspecified atom stereocenters. The van der Waals surface area contributed by atoms with E-state index in [9.17, 15) is 4.79 Å². The highest BCUT2D eigenvalue weighted by molar-refractivity contribution is 5.56. The van der Waals surface area contributed by atoms with Gasteiger partial charge in [0.25, 0.3) is 0 Å². The largest absolute Gasteiger partial charge is 0.330 e. The maximum atomic E-state index is 9.94. The minimum atomic E-state index is -0.281. The van der Waals surface area contributed by atoms with E-state index in [0.717, 1.165) is 32.0 Å². The predicted octanol–water partition coefficient (Wildman–Crippen LogP) is 1.48. The summed E-state index contributed by atoms with van der Waals surface area (Å²) in [6, 6.07) is 10.8. The van der Waals surface area contributed by atoms with Gasteiger partial charge in [0.1, 0.15) is 6.29 Å². The third-order valence-corrected chi connectivity index (χ3v) is 3.04. The predicted molar refractivity (Wildman–Crippen MR) is 85.6 cm³/mol. The van der Waals surface area contributed by atoms with E-state index in [1.165, 1.54) is 5.56 Å². The van der Waals surface area contributed by atoms with Crippen LogP contribution in [-0.4, -0.2) is 32.0 Å². The Balaban J connectivity index is 0.000000370. The van der Waals surface area contributed by atoms with E-state index in [1.807, 2.05) is 13.1 Å². The number of rotatable bonds is 8. The second kappa shape index (κ2) is 12.8. The maximum Gasteiger partial charge on any atom is 0.136 e. The van der Waals surface area contributed by atoms with Crippen molar-refractivity contribution in [2.75, 3.05) is 13.6 Å². The van der Waals surface area contributed by atoms with Gasteiger partial charge in [-0.25, -0.2) is 0 Å². The Labute approximate surface area is 122 Å². The molecule has 4 nitrogen and oxygen atoms in total. The van der Waals surface area contributed by atoms with Crippen molar-refractivity contribution < 1.29 is 4.79 Å². The first-order valence-electron chi connectivity index (χ1n) is 7.26. The van der Waals surface area contributed by atoms with Crippen LogP contribution in [-0.2, 0) is 11.2 Å². The van der Waals surface area contributed by atoms with E-state index < -0.39 is 0 Å². The van der Waals surface area contributed by atoms with Crippen molar-refractivity contribution in [2.24, 2.45) is 11.5 Å². The summed E-state index contributed by atoms with van der Waals surface area (Å²) in [7, 11) is 1.99. The zero-order valence-electron chi connectivity index (χ0n) is 12.7. The summed E-state index contributed by atoms with van der Waals surface area (Å²) in [5.41, 5.74) is 11.9. The van der Waals surface area contributed by atoms with Crippen molar-refractivity contribution in [3.63, 3.8) is 0 Å². The topological polar surface area (TPSA) is 81.1 Å². The van der Waals surface area contributed by atoms with Crippen molar-refractivity contribution in [3.05, 3.63) is 35.9 Å². The van der Waals surface area contributed by atoms with Crippen LogP contribution in [0.15, 0.2) is 30.3 Å². The average Bonchev–Trinajstić information content (AvgIpc) is 2.49. The van der Waals surface area contributed by atoms with Crippen LogP contribution in [0.1, 0.15) is 31.7 Å². The highest BCUT2D eigenvalue weighted by atomic mass is 16.1. The zero-order valence-corrected chi connectivity index (χ0v) is 12.7.